The Balaban J connectivity index is 1.96. The lowest BCUT2D eigenvalue weighted by molar-refractivity contribution is -0.141. The Morgan fingerprint density at radius 3 is 2.89 bits per heavy atom. The van der Waals surface area contributed by atoms with Gasteiger partial charge >= 0.3 is 5.97 Å². The Kier molecular flexibility index (Phi) is 3.29. The van der Waals surface area contributed by atoms with Gasteiger partial charge in [0.05, 0.1) is 12.0 Å². The van der Waals surface area contributed by atoms with Gasteiger partial charge in [-0.25, -0.2) is 0 Å². The molecule has 0 aromatic heterocycles. The van der Waals surface area contributed by atoms with Crippen molar-refractivity contribution in [2.45, 2.75) is 18.9 Å². The zero-order valence-corrected chi connectivity index (χ0v) is 9.97. The number of nitrogens with one attached hydrogen (secondary N) is 1. The highest BCUT2D eigenvalue weighted by Crippen LogP contribution is 2.34. The highest BCUT2D eigenvalue weighted by atomic mass is 16.7. The molecule has 1 atom stereocenters. The number of hydrogen-bond donors (Lipinski definition) is 3. The maximum Gasteiger partial charge on any atom is 0.306 e. The molecule has 98 valence electrons. The van der Waals surface area contributed by atoms with Crippen LogP contribution in [0.25, 0.3) is 0 Å². The van der Waals surface area contributed by atoms with Gasteiger partial charge < -0.3 is 25.0 Å². The second-order valence-corrected chi connectivity index (χ2v) is 4.49. The van der Waals surface area contributed by atoms with Gasteiger partial charge in [0.25, 0.3) is 0 Å². The second-order valence-electron chi connectivity index (χ2n) is 4.49. The highest BCUT2D eigenvalue weighted by Gasteiger charge is 2.24. The van der Waals surface area contributed by atoms with E-state index in [1.807, 2.05) is 0 Å². The summed E-state index contributed by atoms with van der Waals surface area (Å²) in [4.78, 5) is 10.6. The van der Waals surface area contributed by atoms with Gasteiger partial charge in [0, 0.05) is 18.3 Å². The van der Waals surface area contributed by atoms with Gasteiger partial charge in [-0.15, -0.1) is 0 Å². The first-order chi connectivity index (χ1) is 8.46. The van der Waals surface area contributed by atoms with E-state index >= 15 is 0 Å². The average molecular weight is 253 g/mol. The molecule has 1 aromatic rings. The molecule has 0 aliphatic carbocycles. The summed E-state index contributed by atoms with van der Waals surface area (Å²) in [5, 5.41) is 21.5. The number of hydrogen-bond acceptors (Lipinski definition) is 5. The van der Waals surface area contributed by atoms with Crippen LogP contribution in [0.5, 0.6) is 11.5 Å². The molecule has 2 rings (SSSR count). The first-order valence-corrected chi connectivity index (χ1v) is 5.54. The molecule has 6 heteroatoms. The van der Waals surface area contributed by atoms with Crippen LogP contribution in [-0.4, -0.2) is 35.1 Å². The van der Waals surface area contributed by atoms with Crippen LogP contribution in [-0.2, 0) is 4.79 Å². The van der Waals surface area contributed by atoms with Crippen molar-refractivity contribution in [2.24, 2.45) is 0 Å². The van der Waals surface area contributed by atoms with E-state index in [9.17, 15) is 9.90 Å². The third-order valence-corrected chi connectivity index (χ3v) is 2.58. The fourth-order valence-corrected chi connectivity index (χ4v) is 1.69. The summed E-state index contributed by atoms with van der Waals surface area (Å²) in [6.07, 6.45) is -0.315. The van der Waals surface area contributed by atoms with Gasteiger partial charge in [-0.1, -0.05) is 0 Å². The summed E-state index contributed by atoms with van der Waals surface area (Å²) in [5.41, 5.74) is -0.563. The number of aliphatic hydroxyl groups is 1. The lowest BCUT2D eigenvalue weighted by Gasteiger charge is -2.22. The summed E-state index contributed by atoms with van der Waals surface area (Å²) in [6, 6.07) is 5.29. The van der Waals surface area contributed by atoms with E-state index < -0.39 is 11.6 Å². The topological polar surface area (TPSA) is 88.0 Å². The fourth-order valence-electron chi connectivity index (χ4n) is 1.69. The summed E-state index contributed by atoms with van der Waals surface area (Å²) in [6.45, 7) is 1.82. The molecule has 1 heterocycles. The summed E-state index contributed by atoms with van der Waals surface area (Å²) < 4.78 is 10.4. The summed E-state index contributed by atoms with van der Waals surface area (Å²) >= 11 is 0. The standard InChI is InChI=1S/C12H15NO5/c1-12(16,5-11(14)15)6-13-8-2-3-9-10(4-8)18-7-17-9/h2-4,13,16H,5-7H2,1H3,(H,14,15). The second kappa shape index (κ2) is 4.73. The van der Waals surface area contributed by atoms with Crippen molar-refractivity contribution in [1.29, 1.82) is 0 Å². The van der Waals surface area contributed by atoms with Gasteiger partial charge in [0.15, 0.2) is 11.5 Å². The van der Waals surface area contributed by atoms with E-state index in [0.717, 1.165) is 5.69 Å². The number of carboxylic acids is 1. The molecule has 1 unspecified atom stereocenters. The van der Waals surface area contributed by atoms with E-state index in [1.54, 1.807) is 18.2 Å². The molecule has 6 nitrogen and oxygen atoms in total. The van der Waals surface area contributed by atoms with E-state index in [0.29, 0.717) is 11.5 Å². The van der Waals surface area contributed by atoms with E-state index in [4.69, 9.17) is 14.6 Å². The zero-order chi connectivity index (χ0) is 13.2. The monoisotopic (exact) mass is 253 g/mol. The van der Waals surface area contributed by atoms with Gasteiger partial charge in [0.1, 0.15) is 0 Å². The lowest BCUT2D eigenvalue weighted by atomic mass is 10.0. The molecule has 18 heavy (non-hydrogen) atoms. The number of rotatable bonds is 5. The van der Waals surface area contributed by atoms with Crippen molar-refractivity contribution in [3.8, 4) is 11.5 Å². The van der Waals surface area contributed by atoms with Crippen molar-refractivity contribution in [3.63, 3.8) is 0 Å². The Hall–Kier alpha value is -1.95. The quantitative estimate of drug-likeness (QED) is 0.727. The average Bonchev–Trinajstić information content (AvgIpc) is 2.71. The van der Waals surface area contributed by atoms with E-state index in [1.165, 1.54) is 6.92 Å². The van der Waals surface area contributed by atoms with Crippen molar-refractivity contribution in [3.05, 3.63) is 18.2 Å². The SMILES string of the molecule is CC(O)(CNc1ccc2c(c1)OCO2)CC(=O)O. The first kappa shape index (κ1) is 12.5. The van der Waals surface area contributed by atoms with Gasteiger partial charge in [-0.2, -0.15) is 0 Å². The minimum atomic E-state index is -1.30. The minimum Gasteiger partial charge on any atom is -0.481 e. The maximum absolute atomic E-state index is 10.6. The van der Waals surface area contributed by atoms with Crippen LogP contribution in [0.2, 0.25) is 0 Å². The van der Waals surface area contributed by atoms with Gasteiger partial charge in [-0.3, -0.25) is 4.79 Å². The molecular formula is C12H15NO5. The van der Waals surface area contributed by atoms with Crippen molar-refractivity contribution < 1.29 is 24.5 Å². The van der Waals surface area contributed by atoms with Crippen LogP contribution < -0.4 is 14.8 Å². The van der Waals surface area contributed by atoms with Crippen molar-refractivity contribution >= 4 is 11.7 Å². The molecule has 1 aliphatic rings. The van der Waals surface area contributed by atoms with Gasteiger partial charge in [0.2, 0.25) is 6.79 Å². The molecule has 1 aromatic carbocycles. The Labute approximate surface area is 104 Å². The van der Waals surface area contributed by atoms with Crippen LogP contribution in [0, 0.1) is 0 Å². The van der Waals surface area contributed by atoms with E-state index in [2.05, 4.69) is 5.32 Å². The number of carboxylic acid groups (broad SMARTS) is 1. The minimum absolute atomic E-state index is 0.138. The van der Waals surface area contributed by atoms with Crippen LogP contribution in [0.3, 0.4) is 0 Å². The number of anilines is 1. The maximum atomic E-state index is 10.6. The normalized spacial score (nSPS) is 16.1. The zero-order valence-electron chi connectivity index (χ0n) is 9.97. The van der Waals surface area contributed by atoms with Crippen LogP contribution in [0.15, 0.2) is 18.2 Å². The summed E-state index contributed by atoms with van der Waals surface area (Å²) in [7, 11) is 0. The number of fused-ring (bicyclic) bond motifs is 1. The largest absolute Gasteiger partial charge is 0.481 e. The third-order valence-electron chi connectivity index (χ3n) is 2.58. The van der Waals surface area contributed by atoms with Crippen LogP contribution in [0.4, 0.5) is 5.69 Å². The Bertz CT molecular complexity index is 458. The van der Waals surface area contributed by atoms with Crippen LogP contribution in [0.1, 0.15) is 13.3 Å². The fraction of sp³-hybridized carbons (Fsp3) is 0.417. The third kappa shape index (κ3) is 3.04. The number of carbonyl (C=O) groups is 1. The predicted octanol–water partition coefficient (Wildman–Crippen LogP) is 1.05. The smallest absolute Gasteiger partial charge is 0.306 e. The first-order valence-electron chi connectivity index (χ1n) is 5.54. The van der Waals surface area contributed by atoms with E-state index in [-0.39, 0.29) is 19.8 Å². The molecule has 0 bridgehead atoms. The predicted molar refractivity (Wildman–Crippen MR) is 63.9 cm³/mol. The molecular weight excluding hydrogens is 238 g/mol. The molecule has 0 amide bonds. The molecule has 0 saturated carbocycles. The molecule has 0 saturated heterocycles. The Morgan fingerprint density at radius 1 is 1.44 bits per heavy atom. The van der Waals surface area contributed by atoms with Crippen molar-refractivity contribution in [2.75, 3.05) is 18.7 Å². The number of benzene rings is 1. The van der Waals surface area contributed by atoms with Crippen LogP contribution >= 0.6 is 0 Å². The molecule has 0 spiro atoms. The number of aliphatic carboxylic acids is 1. The summed E-state index contributed by atoms with van der Waals surface area (Å²) in [5.74, 6) is 0.281. The molecule has 0 radical (unpaired) electrons. The molecule has 1 aliphatic heterocycles. The molecule has 3 N–H and O–H groups in total. The van der Waals surface area contributed by atoms with Gasteiger partial charge in [-0.05, 0) is 19.1 Å². The van der Waals surface area contributed by atoms with Crippen molar-refractivity contribution in [1.82, 2.24) is 0 Å². The number of ether oxygens (including phenoxy) is 2. The Morgan fingerprint density at radius 2 is 2.17 bits per heavy atom. The highest BCUT2D eigenvalue weighted by molar-refractivity contribution is 5.68. The molecule has 0 fully saturated rings. The lowest BCUT2D eigenvalue weighted by Crippen LogP contribution is -2.35.